The number of rotatable bonds is 4. The van der Waals surface area contributed by atoms with Gasteiger partial charge in [-0.1, -0.05) is 11.6 Å². The predicted octanol–water partition coefficient (Wildman–Crippen LogP) is 1.47. The Bertz CT molecular complexity index is 562. The first-order valence-electron chi connectivity index (χ1n) is 6.79. The normalized spacial score (nSPS) is 18.1. The minimum Gasteiger partial charge on any atom is -0.474 e. The molecule has 0 bridgehead atoms. The molecule has 1 unspecified atom stereocenters. The first-order valence-corrected chi connectivity index (χ1v) is 7.17. The van der Waals surface area contributed by atoms with Gasteiger partial charge in [0.05, 0.1) is 17.6 Å². The van der Waals surface area contributed by atoms with Crippen LogP contribution in [0.15, 0.2) is 12.3 Å². The molecule has 0 radical (unpaired) electrons. The third-order valence-corrected chi connectivity index (χ3v) is 3.55. The Morgan fingerprint density at radius 3 is 2.76 bits per heavy atom. The van der Waals surface area contributed by atoms with E-state index in [2.05, 4.69) is 4.98 Å². The number of hydrogen-bond donors (Lipinski definition) is 1. The maximum absolute atomic E-state index is 12.3. The molecular formula is C14H18ClN3O3. The van der Waals surface area contributed by atoms with E-state index < -0.39 is 0 Å². The van der Waals surface area contributed by atoms with Crippen LogP contribution in [0.1, 0.15) is 30.6 Å². The Morgan fingerprint density at radius 1 is 1.52 bits per heavy atom. The molecule has 0 aliphatic carbocycles. The van der Waals surface area contributed by atoms with E-state index in [1.165, 1.54) is 12.3 Å². The molecule has 2 heterocycles. The van der Waals surface area contributed by atoms with Gasteiger partial charge in [-0.05, 0) is 26.3 Å². The Morgan fingerprint density at radius 2 is 2.24 bits per heavy atom. The summed E-state index contributed by atoms with van der Waals surface area (Å²) in [4.78, 5) is 29.1. The van der Waals surface area contributed by atoms with Crippen molar-refractivity contribution in [2.75, 3.05) is 13.1 Å². The van der Waals surface area contributed by atoms with Crippen LogP contribution in [0.25, 0.3) is 0 Å². The lowest BCUT2D eigenvalue weighted by Crippen LogP contribution is -2.31. The van der Waals surface area contributed by atoms with E-state index in [0.29, 0.717) is 36.0 Å². The van der Waals surface area contributed by atoms with Gasteiger partial charge in [-0.3, -0.25) is 9.59 Å². The van der Waals surface area contributed by atoms with Gasteiger partial charge in [-0.25, -0.2) is 4.98 Å². The van der Waals surface area contributed by atoms with Crippen LogP contribution in [0, 0.1) is 5.92 Å². The highest BCUT2D eigenvalue weighted by atomic mass is 35.5. The lowest BCUT2D eigenvalue weighted by molar-refractivity contribution is -0.121. The summed E-state index contributed by atoms with van der Waals surface area (Å²) in [6, 6.07) is 1.53. The summed E-state index contributed by atoms with van der Waals surface area (Å²) < 4.78 is 5.42. The van der Waals surface area contributed by atoms with Crippen LogP contribution in [0.5, 0.6) is 5.88 Å². The van der Waals surface area contributed by atoms with Gasteiger partial charge in [0, 0.05) is 19.3 Å². The van der Waals surface area contributed by atoms with Crippen LogP contribution >= 0.6 is 11.6 Å². The number of nitrogens with zero attached hydrogens (tertiary/aromatic N) is 2. The van der Waals surface area contributed by atoms with Gasteiger partial charge in [0.1, 0.15) is 5.02 Å². The van der Waals surface area contributed by atoms with Crippen molar-refractivity contribution in [2.45, 2.75) is 26.4 Å². The second-order valence-corrected chi connectivity index (χ2v) is 5.72. The molecule has 1 saturated heterocycles. The van der Waals surface area contributed by atoms with E-state index in [1.807, 2.05) is 13.8 Å². The van der Waals surface area contributed by atoms with E-state index in [1.54, 1.807) is 4.90 Å². The second kappa shape index (κ2) is 6.30. The molecule has 21 heavy (non-hydrogen) atoms. The largest absolute Gasteiger partial charge is 0.474 e. The minimum absolute atomic E-state index is 0.0496. The molecule has 1 aliphatic rings. The highest BCUT2D eigenvalue weighted by molar-refractivity contribution is 6.32. The van der Waals surface area contributed by atoms with Crippen LogP contribution in [0.3, 0.4) is 0 Å². The Balaban J connectivity index is 2.10. The van der Waals surface area contributed by atoms with E-state index in [4.69, 9.17) is 22.1 Å². The summed E-state index contributed by atoms with van der Waals surface area (Å²) in [5, 5.41) is 0.292. The smallest absolute Gasteiger partial charge is 0.255 e. The Hall–Kier alpha value is -1.82. The fourth-order valence-electron chi connectivity index (χ4n) is 2.21. The molecule has 2 N–H and O–H groups in total. The molecular weight excluding hydrogens is 294 g/mol. The molecule has 114 valence electrons. The van der Waals surface area contributed by atoms with Crippen molar-refractivity contribution < 1.29 is 14.3 Å². The number of carbonyl (C=O) groups excluding carboxylic acids is 2. The number of aromatic nitrogens is 1. The SMILES string of the molecule is CC(C)Oc1ncc(C(=O)N2CCC(C(N)=O)C2)cc1Cl. The zero-order valence-electron chi connectivity index (χ0n) is 12.0. The number of carbonyl (C=O) groups is 2. The number of nitrogens with two attached hydrogens (primary N) is 1. The molecule has 0 spiro atoms. The van der Waals surface area contributed by atoms with Crippen molar-refractivity contribution in [1.82, 2.24) is 9.88 Å². The zero-order valence-corrected chi connectivity index (χ0v) is 12.8. The fraction of sp³-hybridized carbons (Fsp3) is 0.500. The highest BCUT2D eigenvalue weighted by Gasteiger charge is 2.30. The number of hydrogen-bond acceptors (Lipinski definition) is 4. The molecule has 1 aromatic heterocycles. The summed E-state index contributed by atoms with van der Waals surface area (Å²) in [6.45, 7) is 4.58. The molecule has 0 aromatic carbocycles. The van der Waals surface area contributed by atoms with Crippen LogP contribution in [0.4, 0.5) is 0 Å². The maximum atomic E-state index is 12.3. The molecule has 1 aromatic rings. The summed E-state index contributed by atoms with van der Waals surface area (Å²) in [5.74, 6) is -0.549. The van der Waals surface area contributed by atoms with Gasteiger partial charge < -0.3 is 15.4 Å². The number of ether oxygens (including phenoxy) is 1. The average molecular weight is 312 g/mol. The lowest BCUT2D eigenvalue weighted by atomic mass is 10.1. The molecule has 1 aliphatic heterocycles. The van der Waals surface area contributed by atoms with Crippen molar-refractivity contribution in [3.05, 3.63) is 22.8 Å². The molecule has 2 amide bonds. The van der Waals surface area contributed by atoms with E-state index in [-0.39, 0.29) is 23.8 Å². The monoisotopic (exact) mass is 311 g/mol. The highest BCUT2D eigenvalue weighted by Crippen LogP contribution is 2.25. The molecule has 7 heteroatoms. The van der Waals surface area contributed by atoms with Crippen molar-refractivity contribution in [3.8, 4) is 5.88 Å². The topological polar surface area (TPSA) is 85.5 Å². The minimum atomic E-state index is -0.373. The summed E-state index contributed by atoms with van der Waals surface area (Å²) in [5.41, 5.74) is 5.64. The van der Waals surface area contributed by atoms with Crippen molar-refractivity contribution >= 4 is 23.4 Å². The third kappa shape index (κ3) is 3.64. The van der Waals surface area contributed by atoms with Gasteiger partial charge in [0.2, 0.25) is 11.8 Å². The zero-order chi connectivity index (χ0) is 15.6. The summed E-state index contributed by atoms with van der Waals surface area (Å²) in [7, 11) is 0. The molecule has 0 saturated carbocycles. The number of likely N-dealkylation sites (tertiary alicyclic amines) is 1. The van der Waals surface area contributed by atoms with Crippen LogP contribution in [-0.4, -0.2) is 40.9 Å². The van der Waals surface area contributed by atoms with Gasteiger partial charge in [-0.2, -0.15) is 0 Å². The molecule has 2 rings (SSSR count). The van der Waals surface area contributed by atoms with Crippen LogP contribution in [-0.2, 0) is 4.79 Å². The van der Waals surface area contributed by atoms with Crippen molar-refractivity contribution in [3.63, 3.8) is 0 Å². The van der Waals surface area contributed by atoms with Crippen LogP contribution < -0.4 is 10.5 Å². The number of amides is 2. The van der Waals surface area contributed by atoms with Gasteiger partial charge in [0.15, 0.2) is 0 Å². The summed E-state index contributed by atoms with van der Waals surface area (Å²) in [6.07, 6.45) is 1.98. The predicted molar refractivity (Wildman–Crippen MR) is 78.2 cm³/mol. The number of pyridine rings is 1. The Kier molecular flexibility index (Phi) is 4.67. The van der Waals surface area contributed by atoms with Gasteiger partial charge in [-0.15, -0.1) is 0 Å². The Labute approximate surface area is 128 Å². The van der Waals surface area contributed by atoms with E-state index in [9.17, 15) is 9.59 Å². The van der Waals surface area contributed by atoms with E-state index in [0.717, 1.165) is 0 Å². The molecule has 1 fully saturated rings. The summed E-state index contributed by atoms with van der Waals surface area (Å²) >= 11 is 6.07. The first kappa shape index (κ1) is 15.6. The van der Waals surface area contributed by atoms with Gasteiger partial charge >= 0.3 is 0 Å². The fourth-order valence-corrected chi connectivity index (χ4v) is 2.42. The first-order chi connectivity index (χ1) is 9.88. The van der Waals surface area contributed by atoms with Gasteiger partial charge in [0.25, 0.3) is 5.91 Å². The standard InChI is InChI=1S/C14H18ClN3O3/c1-8(2)21-13-11(15)5-10(6-17-13)14(20)18-4-3-9(7-18)12(16)19/h5-6,8-9H,3-4,7H2,1-2H3,(H2,16,19). The van der Waals surface area contributed by atoms with Crippen LogP contribution in [0.2, 0.25) is 5.02 Å². The van der Waals surface area contributed by atoms with E-state index >= 15 is 0 Å². The quantitative estimate of drug-likeness (QED) is 0.912. The van der Waals surface area contributed by atoms with Crippen molar-refractivity contribution in [1.29, 1.82) is 0 Å². The van der Waals surface area contributed by atoms with Crippen molar-refractivity contribution in [2.24, 2.45) is 11.7 Å². The number of halogens is 1. The second-order valence-electron chi connectivity index (χ2n) is 5.32. The molecule has 1 atom stereocenters. The number of primary amides is 1. The molecule has 6 nitrogen and oxygen atoms in total. The third-order valence-electron chi connectivity index (χ3n) is 3.28. The maximum Gasteiger partial charge on any atom is 0.255 e. The lowest BCUT2D eigenvalue weighted by Gasteiger charge is -2.16. The average Bonchev–Trinajstić information content (AvgIpc) is 2.89.